The molecule has 1 aromatic carbocycles. The quantitative estimate of drug-likeness (QED) is 0.423. The molecule has 0 aliphatic carbocycles. The monoisotopic (exact) mass is 333 g/mol. The number of hydrogen-bond acceptors (Lipinski definition) is 4. The SMILES string of the molecule is CC(C)(C)NCC(O)CO/N=C(\N)c1cccc(C(F)(F)F)c1. The Hall–Kier alpha value is -1.80. The summed E-state index contributed by atoms with van der Waals surface area (Å²) >= 11 is 0. The largest absolute Gasteiger partial charge is 0.416 e. The number of benzene rings is 1. The number of halogens is 3. The van der Waals surface area contributed by atoms with Crippen LogP contribution in [0.4, 0.5) is 13.2 Å². The molecule has 0 aliphatic rings. The third-order valence-corrected chi connectivity index (χ3v) is 2.78. The van der Waals surface area contributed by atoms with Gasteiger partial charge in [-0.3, -0.25) is 0 Å². The molecule has 0 spiro atoms. The van der Waals surface area contributed by atoms with Crippen LogP contribution in [0.1, 0.15) is 31.9 Å². The standard InChI is InChI=1S/C15H22F3N3O2/c1-14(2,3)20-8-12(22)9-23-21-13(19)10-5-4-6-11(7-10)15(16,17)18/h4-7,12,20,22H,8-9H2,1-3H3,(H2,19,21). The van der Waals surface area contributed by atoms with Crippen molar-refractivity contribution >= 4 is 5.84 Å². The van der Waals surface area contributed by atoms with E-state index in [-0.39, 0.29) is 23.5 Å². The third kappa shape index (κ3) is 7.34. The van der Waals surface area contributed by atoms with Gasteiger partial charge in [0.1, 0.15) is 12.7 Å². The number of β-amino-alcohol motifs (C(OH)–C–C–N with tert-alkyl or cyclic N) is 1. The van der Waals surface area contributed by atoms with Crippen LogP contribution >= 0.6 is 0 Å². The van der Waals surface area contributed by atoms with Crippen molar-refractivity contribution in [3.05, 3.63) is 35.4 Å². The maximum Gasteiger partial charge on any atom is 0.416 e. The first-order valence-electron chi connectivity index (χ1n) is 7.05. The highest BCUT2D eigenvalue weighted by molar-refractivity contribution is 5.97. The number of hydrogen-bond donors (Lipinski definition) is 3. The minimum atomic E-state index is -4.45. The lowest BCUT2D eigenvalue weighted by Gasteiger charge is -2.22. The fourth-order valence-electron chi connectivity index (χ4n) is 1.58. The van der Waals surface area contributed by atoms with Crippen LogP contribution in [0.3, 0.4) is 0 Å². The molecule has 1 atom stereocenters. The zero-order valence-corrected chi connectivity index (χ0v) is 13.3. The average Bonchev–Trinajstić information content (AvgIpc) is 2.43. The van der Waals surface area contributed by atoms with Crippen LogP contribution in [-0.2, 0) is 11.0 Å². The predicted octanol–water partition coefficient (Wildman–Crippen LogP) is 2.09. The molecule has 0 saturated heterocycles. The highest BCUT2D eigenvalue weighted by Crippen LogP contribution is 2.29. The number of nitrogens with zero attached hydrogens (tertiary/aromatic N) is 1. The maximum atomic E-state index is 12.6. The lowest BCUT2D eigenvalue weighted by atomic mass is 10.1. The number of rotatable bonds is 6. The first-order chi connectivity index (χ1) is 10.5. The van der Waals surface area contributed by atoms with E-state index >= 15 is 0 Å². The summed E-state index contributed by atoms with van der Waals surface area (Å²) in [4.78, 5) is 4.89. The Bertz CT molecular complexity index is 540. The lowest BCUT2D eigenvalue weighted by molar-refractivity contribution is -0.137. The molecule has 5 nitrogen and oxygen atoms in total. The summed E-state index contributed by atoms with van der Waals surface area (Å²) in [6, 6.07) is 4.47. The Morgan fingerprint density at radius 3 is 2.57 bits per heavy atom. The van der Waals surface area contributed by atoms with Gasteiger partial charge >= 0.3 is 6.18 Å². The molecule has 1 unspecified atom stereocenters. The van der Waals surface area contributed by atoms with E-state index < -0.39 is 17.8 Å². The van der Waals surface area contributed by atoms with Gasteiger partial charge in [-0.2, -0.15) is 13.2 Å². The van der Waals surface area contributed by atoms with Crippen LogP contribution < -0.4 is 11.1 Å². The van der Waals surface area contributed by atoms with Gasteiger partial charge in [-0.25, -0.2) is 0 Å². The third-order valence-electron chi connectivity index (χ3n) is 2.78. The molecule has 0 amide bonds. The average molecular weight is 333 g/mol. The summed E-state index contributed by atoms with van der Waals surface area (Å²) in [6.07, 6.45) is -5.27. The first-order valence-corrected chi connectivity index (χ1v) is 7.05. The van der Waals surface area contributed by atoms with E-state index in [4.69, 9.17) is 10.6 Å². The number of oxime groups is 1. The van der Waals surface area contributed by atoms with Crippen molar-refractivity contribution in [1.82, 2.24) is 5.32 Å². The van der Waals surface area contributed by atoms with Crippen molar-refractivity contribution in [3.63, 3.8) is 0 Å². The molecule has 0 saturated carbocycles. The van der Waals surface area contributed by atoms with Gasteiger partial charge < -0.3 is 21.0 Å². The van der Waals surface area contributed by atoms with Gasteiger partial charge in [0.15, 0.2) is 5.84 Å². The zero-order chi connectivity index (χ0) is 17.7. The van der Waals surface area contributed by atoms with Gasteiger partial charge in [-0.05, 0) is 32.9 Å². The van der Waals surface area contributed by atoms with E-state index in [1.165, 1.54) is 12.1 Å². The van der Waals surface area contributed by atoms with Crippen molar-refractivity contribution in [2.24, 2.45) is 10.9 Å². The van der Waals surface area contributed by atoms with Crippen molar-refractivity contribution in [3.8, 4) is 0 Å². The Kier molecular flexibility index (Phi) is 6.40. The molecule has 0 heterocycles. The second kappa shape index (κ2) is 7.65. The fraction of sp³-hybridized carbons (Fsp3) is 0.533. The van der Waals surface area contributed by atoms with Crippen molar-refractivity contribution in [2.45, 2.75) is 38.6 Å². The van der Waals surface area contributed by atoms with Crippen LogP contribution in [0.5, 0.6) is 0 Å². The number of nitrogens with one attached hydrogen (secondary N) is 1. The molecule has 130 valence electrons. The van der Waals surface area contributed by atoms with E-state index in [1.807, 2.05) is 20.8 Å². The van der Waals surface area contributed by atoms with Crippen molar-refractivity contribution < 1.29 is 23.1 Å². The lowest BCUT2D eigenvalue weighted by Crippen LogP contribution is -2.42. The maximum absolute atomic E-state index is 12.6. The Morgan fingerprint density at radius 2 is 2.00 bits per heavy atom. The van der Waals surface area contributed by atoms with Crippen LogP contribution in [0.2, 0.25) is 0 Å². The summed E-state index contributed by atoms with van der Waals surface area (Å²) in [5, 5.41) is 16.3. The number of amidine groups is 1. The molecule has 4 N–H and O–H groups in total. The molecule has 0 radical (unpaired) electrons. The Morgan fingerprint density at radius 1 is 1.35 bits per heavy atom. The molecule has 1 aromatic rings. The van der Waals surface area contributed by atoms with Crippen LogP contribution in [0, 0.1) is 0 Å². The highest BCUT2D eigenvalue weighted by atomic mass is 19.4. The van der Waals surface area contributed by atoms with Gasteiger partial charge in [-0.15, -0.1) is 0 Å². The van der Waals surface area contributed by atoms with E-state index in [0.717, 1.165) is 12.1 Å². The first kappa shape index (κ1) is 19.2. The topological polar surface area (TPSA) is 79.9 Å². The van der Waals surface area contributed by atoms with Gasteiger partial charge in [0.05, 0.1) is 5.56 Å². The molecule has 0 fully saturated rings. The van der Waals surface area contributed by atoms with Crippen LogP contribution in [-0.4, -0.2) is 35.7 Å². The summed E-state index contributed by atoms with van der Waals surface area (Å²) in [6.45, 7) is 6.02. The second-order valence-electron chi connectivity index (χ2n) is 6.14. The van der Waals surface area contributed by atoms with Crippen LogP contribution in [0.15, 0.2) is 29.4 Å². The van der Waals surface area contributed by atoms with Crippen molar-refractivity contribution in [1.29, 1.82) is 0 Å². The summed E-state index contributed by atoms with van der Waals surface area (Å²) in [5.74, 6) is -0.188. The summed E-state index contributed by atoms with van der Waals surface area (Å²) < 4.78 is 37.9. The Labute approximate surface area is 133 Å². The number of aliphatic hydroxyl groups excluding tert-OH is 1. The van der Waals surface area contributed by atoms with E-state index in [9.17, 15) is 18.3 Å². The minimum Gasteiger partial charge on any atom is -0.391 e. The molecular weight excluding hydrogens is 311 g/mol. The smallest absolute Gasteiger partial charge is 0.391 e. The molecule has 0 bridgehead atoms. The molecule has 0 aromatic heterocycles. The second-order valence-corrected chi connectivity index (χ2v) is 6.14. The van der Waals surface area contributed by atoms with Crippen molar-refractivity contribution in [2.75, 3.05) is 13.2 Å². The summed E-state index contributed by atoms with van der Waals surface area (Å²) in [7, 11) is 0. The van der Waals surface area contributed by atoms with Gasteiger partial charge in [0, 0.05) is 17.6 Å². The highest BCUT2D eigenvalue weighted by Gasteiger charge is 2.30. The van der Waals surface area contributed by atoms with Gasteiger partial charge in [-0.1, -0.05) is 17.3 Å². The minimum absolute atomic E-state index is 0.0992. The van der Waals surface area contributed by atoms with E-state index in [2.05, 4.69) is 10.5 Å². The normalized spacial score (nSPS) is 14.7. The Balaban J connectivity index is 2.58. The number of nitrogens with two attached hydrogens (primary N) is 1. The number of aliphatic hydroxyl groups is 1. The summed E-state index contributed by atoms with van der Waals surface area (Å²) in [5.41, 5.74) is 4.73. The molecule has 23 heavy (non-hydrogen) atoms. The molecule has 8 heteroatoms. The van der Waals surface area contributed by atoms with E-state index in [0.29, 0.717) is 6.54 Å². The number of alkyl halides is 3. The van der Waals surface area contributed by atoms with Gasteiger partial charge in [0.2, 0.25) is 0 Å². The fourth-order valence-corrected chi connectivity index (χ4v) is 1.58. The van der Waals surface area contributed by atoms with Crippen LogP contribution in [0.25, 0.3) is 0 Å². The van der Waals surface area contributed by atoms with E-state index in [1.54, 1.807) is 0 Å². The molecule has 0 aliphatic heterocycles. The molecule has 1 rings (SSSR count). The van der Waals surface area contributed by atoms with Gasteiger partial charge in [0.25, 0.3) is 0 Å². The molecular formula is C15H22F3N3O2. The zero-order valence-electron chi connectivity index (χ0n) is 13.3. The predicted molar refractivity (Wildman–Crippen MR) is 81.9 cm³/mol.